The molecule has 0 unspecified atom stereocenters. The largest absolute Gasteiger partial charge is 0.455 e. The van der Waals surface area contributed by atoms with Crippen molar-refractivity contribution in [2.75, 3.05) is 0 Å². The first-order valence-electron chi connectivity index (χ1n) is 9.12. The van der Waals surface area contributed by atoms with Crippen LogP contribution in [-0.2, 0) is 0 Å². The van der Waals surface area contributed by atoms with E-state index >= 15 is 0 Å². The van der Waals surface area contributed by atoms with Crippen molar-refractivity contribution in [3.05, 3.63) is 71.8 Å². The summed E-state index contributed by atoms with van der Waals surface area (Å²) >= 11 is 1.78. The van der Waals surface area contributed by atoms with E-state index in [2.05, 4.69) is 67.4 Å². The van der Waals surface area contributed by atoms with E-state index in [1.165, 1.54) is 53.5 Å². The second-order valence-corrected chi connectivity index (χ2v) is 8.32. The number of benzene rings is 4. The van der Waals surface area contributed by atoms with Gasteiger partial charge in [0.05, 0.1) is 15.3 Å². The van der Waals surface area contributed by atoms with E-state index in [-0.39, 0.29) is 0 Å². The molecule has 0 atom stereocenters. The number of hydrogen-bond acceptors (Lipinski definition) is 2. The Kier molecular flexibility index (Phi) is 2.98. The van der Waals surface area contributed by atoms with Gasteiger partial charge < -0.3 is 9.72 Å². The average Bonchev–Trinajstić information content (AvgIpc) is 3.09. The Labute approximate surface area is 161 Å². The van der Waals surface area contributed by atoms with Crippen LogP contribution in [0.25, 0.3) is 32.6 Å². The summed E-state index contributed by atoms with van der Waals surface area (Å²) < 4.78 is 6.22. The number of aromatic amines is 1. The van der Waals surface area contributed by atoms with Crippen LogP contribution < -0.4 is 4.74 Å². The fraction of sp³-hybridized carbons (Fsp3) is 0.0833. The number of para-hydroxylation sites is 1. The Hall–Kier alpha value is -2.91. The first-order valence-corrected chi connectivity index (χ1v) is 9.94. The van der Waals surface area contributed by atoms with Crippen LogP contribution in [0.2, 0.25) is 0 Å². The lowest BCUT2D eigenvalue weighted by Gasteiger charge is -2.20. The SMILES string of the molecule is Cc1ccc(C)c2c1[nH]c1c3cc4c(cc3ccc12)Sc1ccccc1O4. The van der Waals surface area contributed by atoms with E-state index in [9.17, 15) is 0 Å². The zero-order chi connectivity index (χ0) is 18.1. The molecule has 1 N–H and O–H groups in total. The molecule has 0 bridgehead atoms. The summed E-state index contributed by atoms with van der Waals surface area (Å²) in [5.41, 5.74) is 5.00. The van der Waals surface area contributed by atoms with Gasteiger partial charge >= 0.3 is 0 Å². The van der Waals surface area contributed by atoms with E-state index in [0.29, 0.717) is 0 Å². The van der Waals surface area contributed by atoms with Crippen molar-refractivity contribution >= 4 is 44.3 Å². The van der Waals surface area contributed by atoms with Gasteiger partial charge in [0.1, 0.15) is 11.5 Å². The summed E-state index contributed by atoms with van der Waals surface area (Å²) in [4.78, 5) is 6.03. The van der Waals surface area contributed by atoms with E-state index in [1.54, 1.807) is 11.8 Å². The minimum atomic E-state index is 0.935. The second kappa shape index (κ2) is 5.30. The topological polar surface area (TPSA) is 25.0 Å². The Bertz CT molecular complexity index is 1400. The molecule has 1 aliphatic heterocycles. The van der Waals surface area contributed by atoms with Crippen molar-refractivity contribution in [2.45, 2.75) is 23.6 Å². The minimum absolute atomic E-state index is 0.935. The van der Waals surface area contributed by atoms with Gasteiger partial charge in [-0.05, 0) is 54.6 Å². The number of H-pyrrole nitrogens is 1. The predicted octanol–water partition coefficient (Wildman–Crippen LogP) is 7.35. The Morgan fingerprint density at radius 3 is 2.52 bits per heavy atom. The molecule has 4 aromatic carbocycles. The molecule has 6 rings (SSSR count). The van der Waals surface area contributed by atoms with Crippen LogP contribution in [0.15, 0.2) is 70.5 Å². The molecule has 0 fully saturated rings. The standard InChI is InChI=1S/C24H17NOS/c1-13-7-8-14(2)23-22(13)16-10-9-15-11-21-19(12-17(15)24(16)25-23)26-18-5-3-4-6-20(18)27-21/h3-12,25H,1-2H3. The van der Waals surface area contributed by atoms with Crippen molar-refractivity contribution in [3.8, 4) is 11.5 Å². The third kappa shape index (κ3) is 2.09. The molecule has 0 aliphatic carbocycles. The highest BCUT2D eigenvalue weighted by Gasteiger charge is 2.19. The zero-order valence-corrected chi connectivity index (χ0v) is 15.9. The van der Waals surface area contributed by atoms with Gasteiger partial charge in [-0.2, -0.15) is 0 Å². The van der Waals surface area contributed by atoms with E-state index < -0.39 is 0 Å². The lowest BCUT2D eigenvalue weighted by atomic mass is 10.0. The lowest BCUT2D eigenvalue weighted by Crippen LogP contribution is -1.94. The number of aromatic nitrogens is 1. The summed E-state index contributed by atoms with van der Waals surface area (Å²) in [5, 5.41) is 5.05. The maximum atomic E-state index is 6.22. The Morgan fingerprint density at radius 2 is 1.59 bits per heavy atom. The number of ether oxygens (including phenoxy) is 1. The monoisotopic (exact) mass is 367 g/mol. The molecule has 0 saturated heterocycles. The molecule has 2 heterocycles. The average molecular weight is 367 g/mol. The van der Waals surface area contributed by atoms with Crippen LogP contribution in [0.5, 0.6) is 11.5 Å². The quantitative estimate of drug-likeness (QED) is 0.304. The van der Waals surface area contributed by atoms with Crippen LogP contribution in [-0.4, -0.2) is 4.98 Å². The molecule has 130 valence electrons. The molecule has 0 saturated carbocycles. The molecule has 0 amide bonds. The van der Waals surface area contributed by atoms with Crippen molar-refractivity contribution in [2.24, 2.45) is 0 Å². The van der Waals surface area contributed by atoms with E-state index in [4.69, 9.17) is 4.74 Å². The third-order valence-electron chi connectivity index (χ3n) is 5.51. The van der Waals surface area contributed by atoms with E-state index in [0.717, 1.165) is 11.5 Å². The van der Waals surface area contributed by atoms with Crippen molar-refractivity contribution in [3.63, 3.8) is 0 Å². The molecule has 0 radical (unpaired) electrons. The molecule has 1 aliphatic rings. The van der Waals surface area contributed by atoms with Crippen LogP contribution >= 0.6 is 11.8 Å². The van der Waals surface area contributed by atoms with Gasteiger partial charge in [0.2, 0.25) is 0 Å². The van der Waals surface area contributed by atoms with Crippen LogP contribution in [0.3, 0.4) is 0 Å². The first-order chi connectivity index (χ1) is 13.2. The molecule has 2 nitrogen and oxygen atoms in total. The number of nitrogens with one attached hydrogen (secondary N) is 1. The van der Waals surface area contributed by atoms with Crippen LogP contribution in [0, 0.1) is 13.8 Å². The minimum Gasteiger partial charge on any atom is -0.455 e. The highest BCUT2D eigenvalue weighted by Crippen LogP contribution is 2.49. The van der Waals surface area contributed by atoms with Crippen molar-refractivity contribution < 1.29 is 4.74 Å². The van der Waals surface area contributed by atoms with E-state index in [1.807, 2.05) is 12.1 Å². The highest BCUT2D eigenvalue weighted by atomic mass is 32.2. The van der Waals surface area contributed by atoms with Crippen molar-refractivity contribution in [1.29, 1.82) is 0 Å². The highest BCUT2D eigenvalue weighted by molar-refractivity contribution is 7.99. The third-order valence-corrected chi connectivity index (χ3v) is 6.61. The molecule has 0 spiro atoms. The lowest BCUT2D eigenvalue weighted by molar-refractivity contribution is 0.455. The van der Waals surface area contributed by atoms with Gasteiger partial charge in [0.25, 0.3) is 0 Å². The molecule has 27 heavy (non-hydrogen) atoms. The fourth-order valence-electron chi connectivity index (χ4n) is 4.13. The summed E-state index contributed by atoms with van der Waals surface area (Å²) in [6, 6.07) is 21.5. The summed E-state index contributed by atoms with van der Waals surface area (Å²) in [7, 11) is 0. The number of fused-ring (bicyclic) bond motifs is 7. The van der Waals surface area contributed by atoms with Gasteiger partial charge in [-0.15, -0.1) is 0 Å². The predicted molar refractivity (Wildman–Crippen MR) is 113 cm³/mol. The first kappa shape index (κ1) is 15.2. The molecule has 1 aromatic heterocycles. The van der Waals surface area contributed by atoms with Crippen LogP contribution in [0.1, 0.15) is 11.1 Å². The normalized spacial score (nSPS) is 13.0. The number of aryl methyl sites for hydroxylation is 2. The Morgan fingerprint density at radius 1 is 0.741 bits per heavy atom. The Balaban J connectivity index is 1.67. The fourth-order valence-corrected chi connectivity index (χ4v) is 5.11. The van der Waals surface area contributed by atoms with Gasteiger partial charge in [0.15, 0.2) is 0 Å². The molecular weight excluding hydrogens is 350 g/mol. The van der Waals surface area contributed by atoms with Gasteiger partial charge in [-0.3, -0.25) is 0 Å². The maximum absolute atomic E-state index is 6.22. The van der Waals surface area contributed by atoms with Crippen LogP contribution in [0.4, 0.5) is 0 Å². The van der Waals surface area contributed by atoms with Gasteiger partial charge in [-0.25, -0.2) is 0 Å². The maximum Gasteiger partial charge on any atom is 0.142 e. The second-order valence-electron chi connectivity index (χ2n) is 7.23. The van der Waals surface area contributed by atoms with Crippen molar-refractivity contribution in [1.82, 2.24) is 4.98 Å². The number of rotatable bonds is 0. The molecule has 5 aromatic rings. The molecule has 3 heteroatoms. The summed E-state index contributed by atoms with van der Waals surface area (Å²) in [6.45, 7) is 4.35. The van der Waals surface area contributed by atoms with Gasteiger partial charge in [-0.1, -0.05) is 48.2 Å². The molecular formula is C24H17NOS. The summed E-state index contributed by atoms with van der Waals surface area (Å²) in [6.07, 6.45) is 0. The smallest absolute Gasteiger partial charge is 0.142 e. The zero-order valence-electron chi connectivity index (χ0n) is 15.1. The summed E-state index contributed by atoms with van der Waals surface area (Å²) in [5.74, 6) is 1.87. The van der Waals surface area contributed by atoms with Gasteiger partial charge in [0, 0.05) is 21.7 Å². The number of hydrogen-bond donors (Lipinski definition) is 1.